The van der Waals surface area contributed by atoms with Crippen molar-refractivity contribution in [1.82, 2.24) is 4.98 Å². The number of aryl methyl sites for hydroxylation is 3. The summed E-state index contributed by atoms with van der Waals surface area (Å²) in [6.45, 7) is 5.23. The molecule has 0 amide bonds. The van der Waals surface area contributed by atoms with Crippen LogP contribution in [0.25, 0.3) is 0 Å². The van der Waals surface area contributed by atoms with Gasteiger partial charge in [0.1, 0.15) is 9.50 Å². The maximum Gasteiger partial charge on any atom is 0.264 e. The molecule has 7 heteroatoms. The third-order valence-corrected chi connectivity index (χ3v) is 5.19. The molecule has 0 unspecified atom stereocenters. The minimum Gasteiger partial charge on any atom is -0.397 e. The molecule has 0 aliphatic rings. The van der Waals surface area contributed by atoms with Gasteiger partial charge in [-0.2, -0.15) is 0 Å². The number of hydrogen-bond donors (Lipinski definition) is 2. The number of pyridine rings is 1. The van der Waals surface area contributed by atoms with Gasteiger partial charge in [0.15, 0.2) is 0 Å². The lowest BCUT2D eigenvalue weighted by Crippen LogP contribution is -2.17. The fourth-order valence-electron chi connectivity index (χ4n) is 2.00. The Bertz CT molecular complexity index is 804. The van der Waals surface area contributed by atoms with Gasteiger partial charge in [0.2, 0.25) is 0 Å². The molecule has 0 aliphatic carbocycles. The minimum atomic E-state index is -3.76. The Morgan fingerprint density at radius 2 is 1.71 bits per heavy atom. The van der Waals surface area contributed by atoms with Gasteiger partial charge in [0.05, 0.1) is 17.1 Å². The number of hydrogen-bond acceptors (Lipinski definition) is 4. The first-order valence-corrected chi connectivity index (χ1v) is 8.51. The normalized spacial score (nSPS) is 11.4. The van der Waals surface area contributed by atoms with E-state index in [2.05, 4.69) is 25.6 Å². The summed E-state index contributed by atoms with van der Waals surface area (Å²) in [6.07, 6.45) is 0. The highest BCUT2D eigenvalue weighted by Gasteiger charge is 2.22. The number of nitrogen functional groups attached to an aromatic ring is 1. The average Bonchev–Trinajstić information content (AvgIpc) is 2.37. The smallest absolute Gasteiger partial charge is 0.264 e. The summed E-state index contributed by atoms with van der Waals surface area (Å²) in [4.78, 5) is 4.29. The molecule has 0 radical (unpaired) electrons. The van der Waals surface area contributed by atoms with Crippen molar-refractivity contribution in [2.45, 2.75) is 25.7 Å². The van der Waals surface area contributed by atoms with Crippen LogP contribution in [-0.4, -0.2) is 13.4 Å². The number of nitrogens with two attached hydrogens (primary N) is 1. The minimum absolute atomic E-state index is 0.116. The molecular formula is C14H16BrN3O2S. The molecule has 1 aromatic carbocycles. The Labute approximate surface area is 132 Å². The molecule has 2 aromatic rings. The maximum absolute atomic E-state index is 12.6. The van der Waals surface area contributed by atoms with Crippen molar-refractivity contribution in [3.8, 4) is 0 Å². The number of anilines is 2. The second-order valence-corrected chi connectivity index (χ2v) is 7.25. The van der Waals surface area contributed by atoms with Crippen molar-refractivity contribution in [3.63, 3.8) is 0 Å². The Balaban J connectivity index is 2.51. The molecular weight excluding hydrogens is 354 g/mol. The Hall–Kier alpha value is -1.60. The zero-order chi connectivity index (χ0) is 15.8. The topological polar surface area (TPSA) is 85.1 Å². The van der Waals surface area contributed by atoms with Crippen molar-refractivity contribution in [2.24, 2.45) is 0 Å². The van der Waals surface area contributed by atoms with Crippen LogP contribution < -0.4 is 10.5 Å². The molecule has 0 saturated carbocycles. The molecule has 5 nitrogen and oxygen atoms in total. The van der Waals surface area contributed by atoms with Crippen LogP contribution in [0, 0.1) is 20.8 Å². The quantitative estimate of drug-likeness (QED) is 0.642. The molecule has 0 bridgehead atoms. The largest absolute Gasteiger partial charge is 0.397 e. The van der Waals surface area contributed by atoms with Crippen LogP contribution in [-0.2, 0) is 10.0 Å². The van der Waals surface area contributed by atoms with E-state index in [1.807, 2.05) is 0 Å². The summed E-state index contributed by atoms with van der Waals surface area (Å²) in [5, 5.41) is 0. The Morgan fingerprint density at radius 1 is 1.10 bits per heavy atom. The van der Waals surface area contributed by atoms with Gasteiger partial charge < -0.3 is 5.73 Å². The zero-order valence-corrected chi connectivity index (χ0v) is 14.3. The molecule has 3 N–H and O–H groups in total. The molecule has 0 spiro atoms. The number of benzene rings is 1. The molecule has 1 heterocycles. The van der Waals surface area contributed by atoms with Crippen molar-refractivity contribution in [3.05, 3.63) is 45.7 Å². The molecule has 0 saturated heterocycles. The predicted molar refractivity (Wildman–Crippen MR) is 87.8 cm³/mol. The molecule has 21 heavy (non-hydrogen) atoms. The molecule has 0 atom stereocenters. The van der Waals surface area contributed by atoms with Crippen molar-refractivity contribution >= 4 is 37.3 Å². The second kappa shape index (κ2) is 5.65. The van der Waals surface area contributed by atoms with Gasteiger partial charge in [-0.25, -0.2) is 13.4 Å². The van der Waals surface area contributed by atoms with Gasteiger partial charge >= 0.3 is 0 Å². The van der Waals surface area contributed by atoms with E-state index in [1.165, 1.54) is 0 Å². The van der Waals surface area contributed by atoms with E-state index in [0.29, 0.717) is 21.5 Å². The van der Waals surface area contributed by atoms with Crippen LogP contribution >= 0.6 is 15.9 Å². The summed E-state index contributed by atoms with van der Waals surface area (Å²) in [6, 6.07) is 6.88. The summed E-state index contributed by atoms with van der Waals surface area (Å²) in [5.41, 5.74) is 8.55. The van der Waals surface area contributed by atoms with E-state index in [4.69, 9.17) is 5.73 Å². The van der Waals surface area contributed by atoms with Crippen LogP contribution in [0.1, 0.15) is 16.8 Å². The SMILES string of the molecule is Cc1ccc(C)c(S(=O)(=O)Nc2ccc(Br)nc2C)c1N. The Kier molecular flexibility index (Phi) is 4.25. The number of rotatable bonds is 3. The fraction of sp³-hybridized carbons (Fsp3) is 0.214. The van der Waals surface area contributed by atoms with Crippen molar-refractivity contribution in [2.75, 3.05) is 10.5 Å². The van der Waals surface area contributed by atoms with Gasteiger partial charge in [-0.1, -0.05) is 12.1 Å². The van der Waals surface area contributed by atoms with E-state index in [0.717, 1.165) is 5.56 Å². The zero-order valence-electron chi connectivity index (χ0n) is 11.9. The molecule has 0 aliphatic heterocycles. The summed E-state index contributed by atoms with van der Waals surface area (Å²) >= 11 is 3.25. The fourth-order valence-corrected chi connectivity index (χ4v) is 3.95. The number of nitrogens with zero attached hydrogens (tertiary/aromatic N) is 1. The highest BCUT2D eigenvalue weighted by atomic mass is 79.9. The first-order valence-electron chi connectivity index (χ1n) is 6.24. The molecule has 2 rings (SSSR count). The summed E-state index contributed by atoms with van der Waals surface area (Å²) in [7, 11) is -3.76. The molecule has 112 valence electrons. The van der Waals surface area contributed by atoms with E-state index in [-0.39, 0.29) is 10.6 Å². The van der Waals surface area contributed by atoms with Crippen molar-refractivity contribution in [1.29, 1.82) is 0 Å². The van der Waals surface area contributed by atoms with Gasteiger partial charge in [0.25, 0.3) is 10.0 Å². The average molecular weight is 370 g/mol. The van der Waals surface area contributed by atoms with Gasteiger partial charge in [0, 0.05) is 0 Å². The van der Waals surface area contributed by atoms with E-state index < -0.39 is 10.0 Å². The monoisotopic (exact) mass is 369 g/mol. The van der Waals surface area contributed by atoms with Crippen LogP contribution in [0.4, 0.5) is 11.4 Å². The second-order valence-electron chi connectivity index (χ2n) is 4.81. The number of sulfonamides is 1. The van der Waals surface area contributed by atoms with Crippen LogP contribution in [0.3, 0.4) is 0 Å². The predicted octanol–water partition coefficient (Wildman–Crippen LogP) is 3.15. The van der Waals surface area contributed by atoms with Gasteiger partial charge in [-0.05, 0) is 60.0 Å². The summed E-state index contributed by atoms with van der Waals surface area (Å²) in [5.74, 6) is 0. The Morgan fingerprint density at radius 3 is 2.33 bits per heavy atom. The molecule has 0 fully saturated rings. The van der Waals surface area contributed by atoms with Gasteiger partial charge in [-0.3, -0.25) is 4.72 Å². The van der Waals surface area contributed by atoms with Gasteiger partial charge in [-0.15, -0.1) is 0 Å². The third-order valence-electron chi connectivity index (χ3n) is 3.18. The molecule has 1 aromatic heterocycles. The van der Waals surface area contributed by atoms with Crippen molar-refractivity contribution < 1.29 is 8.42 Å². The lowest BCUT2D eigenvalue weighted by molar-refractivity contribution is 0.601. The lowest BCUT2D eigenvalue weighted by atomic mass is 10.1. The van der Waals surface area contributed by atoms with Crippen LogP contribution in [0.15, 0.2) is 33.8 Å². The highest BCUT2D eigenvalue weighted by molar-refractivity contribution is 9.10. The maximum atomic E-state index is 12.6. The first kappa shape index (κ1) is 15.8. The standard InChI is InChI=1S/C14H16BrN3O2S/c1-8-4-5-9(2)14(13(8)16)21(19,20)18-11-6-7-12(15)17-10(11)3/h4-7,18H,16H2,1-3H3. The number of aromatic nitrogens is 1. The van der Waals surface area contributed by atoms with Crippen LogP contribution in [0.2, 0.25) is 0 Å². The van der Waals surface area contributed by atoms with E-state index in [1.54, 1.807) is 45.0 Å². The number of nitrogens with one attached hydrogen (secondary N) is 1. The van der Waals surface area contributed by atoms with E-state index >= 15 is 0 Å². The third kappa shape index (κ3) is 3.19. The highest BCUT2D eigenvalue weighted by Crippen LogP contribution is 2.28. The van der Waals surface area contributed by atoms with Crippen LogP contribution in [0.5, 0.6) is 0 Å². The first-order chi connectivity index (χ1) is 9.72. The lowest BCUT2D eigenvalue weighted by Gasteiger charge is -2.15. The van der Waals surface area contributed by atoms with E-state index in [9.17, 15) is 8.42 Å². The summed E-state index contributed by atoms with van der Waals surface area (Å²) < 4.78 is 28.4. The number of halogens is 1.